The Hall–Kier alpha value is -0.220. The van der Waals surface area contributed by atoms with Gasteiger partial charge in [-0.2, -0.15) is 0 Å². The molecule has 0 aromatic carbocycles. The molecule has 0 amide bonds. The van der Waals surface area contributed by atoms with Crippen LogP contribution in [0.1, 0.15) is 25.7 Å². The van der Waals surface area contributed by atoms with E-state index < -0.39 is 5.60 Å². The number of anilines is 1. The Morgan fingerprint density at radius 3 is 2.50 bits per heavy atom. The van der Waals surface area contributed by atoms with Gasteiger partial charge < -0.3 is 10.0 Å². The van der Waals surface area contributed by atoms with Gasteiger partial charge in [-0.15, -0.1) is 0 Å². The molecule has 1 fully saturated rings. The van der Waals surface area contributed by atoms with Crippen LogP contribution in [0, 0.1) is 0 Å². The van der Waals surface area contributed by atoms with Crippen molar-refractivity contribution in [3.63, 3.8) is 0 Å². The van der Waals surface area contributed by atoms with Crippen LogP contribution >= 0.6 is 34.8 Å². The highest BCUT2D eigenvalue weighted by atomic mass is 35.5. The highest BCUT2D eigenvalue weighted by Gasteiger charge is 2.33. The predicted molar refractivity (Wildman–Crippen MR) is 76.0 cm³/mol. The SMILES string of the molecule is CN(CC1(O)CCCC1)c1nc(Cl)c(Cl)cc1Cl. The maximum Gasteiger partial charge on any atom is 0.150 e. The molecule has 100 valence electrons. The van der Waals surface area contributed by atoms with Gasteiger partial charge in [0.25, 0.3) is 0 Å². The smallest absolute Gasteiger partial charge is 0.150 e. The fourth-order valence-electron chi connectivity index (χ4n) is 2.41. The Kier molecular flexibility index (Phi) is 4.27. The van der Waals surface area contributed by atoms with Crippen LogP contribution < -0.4 is 4.90 Å². The monoisotopic (exact) mass is 308 g/mol. The van der Waals surface area contributed by atoms with E-state index >= 15 is 0 Å². The van der Waals surface area contributed by atoms with Crippen molar-refractivity contribution in [1.82, 2.24) is 4.98 Å². The quantitative estimate of drug-likeness (QED) is 0.863. The minimum absolute atomic E-state index is 0.223. The number of likely N-dealkylation sites (N-methyl/N-ethyl adjacent to an activating group) is 1. The van der Waals surface area contributed by atoms with Gasteiger partial charge >= 0.3 is 0 Å². The predicted octanol–water partition coefficient (Wildman–Crippen LogP) is 3.78. The van der Waals surface area contributed by atoms with Crippen molar-refractivity contribution in [2.75, 3.05) is 18.5 Å². The summed E-state index contributed by atoms with van der Waals surface area (Å²) < 4.78 is 0. The fraction of sp³-hybridized carbons (Fsp3) is 0.583. The third kappa shape index (κ3) is 3.02. The van der Waals surface area contributed by atoms with Crippen LogP contribution in [-0.4, -0.2) is 29.3 Å². The first kappa shape index (κ1) is 14.2. The standard InChI is InChI=1S/C12H15Cl3N2O/c1-17(7-12(18)4-2-3-5-12)11-9(14)6-8(13)10(15)16-11/h6,18H,2-5,7H2,1H3. The van der Waals surface area contributed by atoms with E-state index in [1.165, 1.54) is 0 Å². The van der Waals surface area contributed by atoms with Gasteiger partial charge in [-0.3, -0.25) is 0 Å². The molecule has 0 unspecified atom stereocenters. The molecule has 6 heteroatoms. The molecule has 1 aromatic rings. The van der Waals surface area contributed by atoms with Crippen LogP contribution in [0.15, 0.2) is 6.07 Å². The van der Waals surface area contributed by atoms with Crippen LogP contribution in [0.2, 0.25) is 15.2 Å². The Balaban J connectivity index is 2.18. The normalized spacial score (nSPS) is 18.1. The van der Waals surface area contributed by atoms with Crippen LogP contribution in [0.3, 0.4) is 0 Å². The molecule has 1 aromatic heterocycles. The zero-order valence-corrected chi connectivity index (χ0v) is 12.4. The second kappa shape index (κ2) is 5.41. The van der Waals surface area contributed by atoms with Crippen molar-refractivity contribution in [1.29, 1.82) is 0 Å². The van der Waals surface area contributed by atoms with Crippen molar-refractivity contribution >= 4 is 40.6 Å². The second-order valence-electron chi connectivity index (χ2n) is 4.85. The van der Waals surface area contributed by atoms with Gasteiger partial charge in [0.2, 0.25) is 0 Å². The van der Waals surface area contributed by atoms with Gasteiger partial charge in [-0.25, -0.2) is 4.98 Å². The van der Waals surface area contributed by atoms with E-state index in [0.717, 1.165) is 25.7 Å². The first-order valence-electron chi connectivity index (χ1n) is 5.86. The molecule has 3 nitrogen and oxygen atoms in total. The molecule has 18 heavy (non-hydrogen) atoms. The van der Waals surface area contributed by atoms with Gasteiger partial charge in [0, 0.05) is 13.6 Å². The molecule has 1 saturated carbocycles. The summed E-state index contributed by atoms with van der Waals surface area (Å²) >= 11 is 17.8. The summed E-state index contributed by atoms with van der Waals surface area (Å²) in [4.78, 5) is 5.99. The molecular weight excluding hydrogens is 295 g/mol. The molecule has 0 bridgehead atoms. The molecule has 0 saturated heterocycles. The topological polar surface area (TPSA) is 36.4 Å². The summed E-state index contributed by atoms with van der Waals surface area (Å²) in [6, 6.07) is 1.57. The summed E-state index contributed by atoms with van der Waals surface area (Å²) in [7, 11) is 1.84. The highest BCUT2D eigenvalue weighted by Crippen LogP contribution is 2.34. The van der Waals surface area contributed by atoms with E-state index in [1.54, 1.807) is 6.07 Å². The molecular formula is C12H15Cl3N2O. The molecule has 1 heterocycles. The zero-order chi connectivity index (χ0) is 13.3. The summed E-state index contributed by atoms with van der Waals surface area (Å²) in [6.07, 6.45) is 3.76. The highest BCUT2D eigenvalue weighted by molar-refractivity contribution is 6.42. The molecule has 0 aliphatic heterocycles. The van der Waals surface area contributed by atoms with Gasteiger partial charge in [0.15, 0.2) is 0 Å². The Labute approximate surface area is 122 Å². The second-order valence-corrected chi connectivity index (χ2v) is 6.03. The maximum atomic E-state index is 10.4. The average molecular weight is 310 g/mol. The zero-order valence-electron chi connectivity index (χ0n) is 10.1. The van der Waals surface area contributed by atoms with E-state index in [4.69, 9.17) is 34.8 Å². The number of hydrogen-bond acceptors (Lipinski definition) is 3. The molecule has 0 radical (unpaired) electrons. The minimum atomic E-state index is -0.647. The van der Waals surface area contributed by atoms with E-state index in [9.17, 15) is 5.11 Å². The third-order valence-electron chi connectivity index (χ3n) is 3.30. The number of aliphatic hydroxyl groups is 1. The Morgan fingerprint density at radius 2 is 1.89 bits per heavy atom. The molecule has 2 rings (SSSR count). The van der Waals surface area contributed by atoms with E-state index in [-0.39, 0.29) is 5.15 Å². The van der Waals surface area contributed by atoms with E-state index in [0.29, 0.717) is 22.4 Å². The van der Waals surface area contributed by atoms with Crippen molar-refractivity contribution in [3.8, 4) is 0 Å². The molecule has 1 aliphatic carbocycles. The summed E-state index contributed by atoms with van der Waals surface area (Å²) in [5, 5.41) is 11.4. The lowest BCUT2D eigenvalue weighted by Crippen LogP contribution is -2.39. The summed E-state index contributed by atoms with van der Waals surface area (Å²) in [5.74, 6) is 0.548. The molecule has 0 atom stereocenters. The first-order valence-corrected chi connectivity index (χ1v) is 7.00. The first-order chi connectivity index (χ1) is 8.41. The van der Waals surface area contributed by atoms with Crippen LogP contribution in [0.25, 0.3) is 0 Å². The number of hydrogen-bond donors (Lipinski definition) is 1. The van der Waals surface area contributed by atoms with Gasteiger partial charge in [0.1, 0.15) is 11.0 Å². The third-order valence-corrected chi connectivity index (χ3v) is 4.25. The average Bonchev–Trinajstić information content (AvgIpc) is 2.70. The molecule has 1 aliphatic rings. The maximum absolute atomic E-state index is 10.4. The molecule has 0 spiro atoms. The van der Waals surface area contributed by atoms with Crippen molar-refractivity contribution in [2.24, 2.45) is 0 Å². The number of rotatable bonds is 3. The van der Waals surface area contributed by atoms with E-state index in [1.807, 2.05) is 11.9 Å². The van der Waals surface area contributed by atoms with Crippen molar-refractivity contribution in [2.45, 2.75) is 31.3 Å². The lowest BCUT2D eigenvalue weighted by Gasteiger charge is -2.29. The Morgan fingerprint density at radius 1 is 1.28 bits per heavy atom. The number of pyridine rings is 1. The lowest BCUT2D eigenvalue weighted by molar-refractivity contribution is 0.0558. The van der Waals surface area contributed by atoms with Crippen molar-refractivity contribution < 1.29 is 5.11 Å². The van der Waals surface area contributed by atoms with Gasteiger partial charge in [-0.1, -0.05) is 47.6 Å². The van der Waals surface area contributed by atoms with Crippen molar-refractivity contribution in [3.05, 3.63) is 21.3 Å². The van der Waals surface area contributed by atoms with Crippen LogP contribution in [0.4, 0.5) is 5.82 Å². The van der Waals surface area contributed by atoms with Gasteiger partial charge in [-0.05, 0) is 18.9 Å². The number of nitrogens with zero attached hydrogens (tertiary/aromatic N) is 2. The fourth-order valence-corrected chi connectivity index (χ4v) is 3.05. The van der Waals surface area contributed by atoms with Crippen LogP contribution in [0.5, 0.6) is 0 Å². The van der Waals surface area contributed by atoms with Crippen LogP contribution in [-0.2, 0) is 0 Å². The Bertz CT molecular complexity index is 447. The summed E-state index contributed by atoms with van der Waals surface area (Å²) in [6.45, 7) is 0.498. The largest absolute Gasteiger partial charge is 0.388 e. The summed E-state index contributed by atoms with van der Waals surface area (Å²) in [5.41, 5.74) is -0.647. The van der Waals surface area contributed by atoms with Gasteiger partial charge in [0.05, 0.1) is 15.6 Å². The number of halogens is 3. The molecule has 1 N–H and O–H groups in total. The lowest BCUT2D eigenvalue weighted by atomic mass is 10.0. The number of aromatic nitrogens is 1. The van der Waals surface area contributed by atoms with E-state index in [2.05, 4.69) is 4.98 Å². The minimum Gasteiger partial charge on any atom is -0.388 e.